The Labute approximate surface area is 199 Å². The van der Waals surface area contributed by atoms with Gasteiger partial charge in [0.1, 0.15) is 0 Å². The Morgan fingerprint density at radius 2 is 1.41 bits per heavy atom. The lowest BCUT2D eigenvalue weighted by Crippen LogP contribution is -2.42. The summed E-state index contributed by atoms with van der Waals surface area (Å²) >= 11 is 0. The van der Waals surface area contributed by atoms with Gasteiger partial charge in [-0.15, -0.1) is 0 Å². The highest BCUT2D eigenvalue weighted by Crippen LogP contribution is 2.21. The molecule has 1 saturated heterocycles. The van der Waals surface area contributed by atoms with Gasteiger partial charge in [-0.25, -0.2) is 8.42 Å². The number of anilines is 1. The lowest BCUT2D eigenvalue weighted by Gasteiger charge is -2.31. The minimum absolute atomic E-state index is 0.0194. The molecule has 0 unspecified atom stereocenters. The number of nitrogens with zero attached hydrogens (tertiary/aromatic N) is 1. The molecule has 2 N–H and O–H groups in total. The number of piperidine rings is 1. The second kappa shape index (κ2) is 10.5. The summed E-state index contributed by atoms with van der Waals surface area (Å²) in [5.41, 5.74) is 1.92. The van der Waals surface area contributed by atoms with Crippen LogP contribution < -0.4 is 10.0 Å². The summed E-state index contributed by atoms with van der Waals surface area (Å²) in [7, 11) is -3.69. The number of carbonyl (C=O) groups excluding carboxylic acids is 2. The molecule has 0 aliphatic carbocycles. The van der Waals surface area contributed by atoms with Gasteiger partial charge in [0.2, 0.25) is 5.91 Å². The number of nitrogens with one attached hydrogen (secondary N) is 2. The summed E-state index contributed by atoms with van der Waals surface area (Å²) in [5.74, 6) is -0.214. The largest absolute Gasteiger partial charge is 0.352 e. The van der Waals surface area contributed by atoms with E-state index < -0.39 is 10.0 Å². The second-order valence-electron chi connectivity index (χ2n) is 8.27. The molecule has 8 heteroatoms. The molecule has 2 amide bonds. The van der Waals surface area contributed by atoms with Crippen molar-refractivity contribution in [2.24, 2.45) is 5.92 Å². The number of carbonyl (C=O) groups is 2. The Hall–Kier alpha value is -3.65. The zero-order valence-corrected chi connectivity index (χ0v) is 19.5. The fraction of sp³-hybridized carbons (Fsp3) is 0.231. The van der Waals surface area contributed by atoms with E-state index in [1.165, 1.54) is 12.1 Å². The minimum atomic E-state index is -3.69. The molecule has 1 aliphatic rings. The smallest absolute Gasteiger partial charge is 0.261 e. The van der Waals surface area contributed by atoms with Crippen molar-refractivity contribution < 1.29 is 18.0 Å². The number of hydrogen-bond donors (Lipinski definition) is 2. The quantitative estimate of drug-likeness (QED) is 0.543. The maximum atomic E-state index is 12.9. The van der Waals surface area contributed by atoms with E-state index in [1.807, 2.05) is 30.3 Å². The van der Waals surface area contributed by atoms with E-state index in [-0.39, 0.29) is 22.6 Å². The van der Waals surface area contributed by atoms with Gasteiger partial charge >= 0.3 is 0 Å². The molecule has 0 aromatic heterocycles. The van der Waals surface area contributed by atoms with Crippen molar-refractivity contribution >= 4 is 27.5 Å². The number of likely N-dealkylation sites (tertiary alicyclic amines) is 1. The zero-order chi connectivity index (χ0) is 24.0. The molecule has 1 heterocycles. The highest BCUT2D eigenvalue weighted by atomic mass is 32.2. The van der Waals surface area contributed by atoms with E-state index in [0.29, 0.717) is 43.7 Å². The maximum absolute atomic E-state index is 12.9. The first kappa shape index (κ1) is 23.5. The number of benzene rings is 3. The molecule has 7 nitrogen and oxygen atoms in total. The van der Waals surface area contributed by atoms with Crippen LogP contribution >= 0.6 is 0 Å². The van der Waals surface area contributed by atoms with Crippen molar-refractivity contribution in [1.29, 1.82) is 0 Å². The molecule has 0 radical (unpaired) electrons. The van der Waals surface area contributed by atoms with Crippen molar-refractivity contribution in [2.75, 3.05) is 17.8 Å². The van der Waals surface area contributed by atoms with Crippen LogP contribution in [0.15, 0.2) is 89.8 Å². The van der Waals surface area contributed by atoms with Crippen molar-refractivity contribution in [3.8, 4) is 0 Å². The average Bonchev–Trinajstić information content (AvgIpc) is 2.88. The van der Waals surface area contributed by atoms with E-state index in [4.69, 9.17) is 0 Å². The summed E-state index contributed by atoms with van der Waals surface area (Å²) < 4.78 is 27.4. The van der Waals surface area contributed by atoms with Gasteiger partial charge < -0.3 is 10.2 Å². The second-order valence-corrected chi connectivity index (χ2v) is 9.95. The normalized spacial score (nSPS) is 14.4. The zero-order valence-electron chi connectivity index (χ0n) is 18.7. The van der Waals surface area contributed by atoms with E-state index >= 15 is 0 Å². The van der Waals surface area contributed by atoms with Crippen LogP contribution in [0.4, 0.5) is 5.69 Å². The Bertz CT molecular complexity index is 1220. The van der Waals surface area contributed by atoms with Crippen LogP contribution in [0.5, 0.6) is 0 Å². The number of hydrogen-bond acceptors (Lipinski definition) is 4. The summed E-state index contributed by atoms with van der Waals surface area (Å²) in [5, 5.41) is 2.98. The molecule has 3 aromatic rings. The van der Waals surface area contributed by atoms with Crippen molar-refractivity contribution in [3.05, 3.63) is 96.1 Å². The Morgan fingerprint density at radius 1 is 0.824 bits per heavy atom. The van der Waals surface area contributed by atoms with Gasteiger partial charge in [-0.05, 0) is 54.8 Å². The summed E-state index contributed by atoms with van der Waals surface area (Å²) in [6, 6.07) is 24.3. The molecule has 0 atom stereocenters. The predicted octanol–water partition coefficient (Wildman–Crippen LogP) is 3.66. The molecule has 3 aromatic carbocycles. The lowest BCUT2D eigenvalue weighted by molar-refractivity contribution is -0.126. The SMILES string of the molecule is O=C(NCc1ccccc1)C1CCN(C(=O)c2ccc(NS(=O)(=O)c3ccccc3)cc2)CC1. The lowest BCUT2D eigenvalue weighted by atomic mass is 9.95. The highest BCUT2D eigenvalue weighted by molar-refractivity contribution is 7.92. The van der Waals surface area contributed by atoms with Gasteiger partial charge in [-0.2, -0.15) is 0 Å². The summed E-state index contributed by atoms with van der Waals surface area (Å²) in [4.78, 5) is 27.3. The van der Waals surface area contributed by atoms with Gasteiger partial charge in [-0.1, -0.05) is 48.5 Å². The van der Waals surface area contributed by atoms with Crippen LogP contribution in [0.2, 0.25) is 0 Å². The molecule has 0 spiro atoms. The fourth-order valence-corrected chi connectivity index (χ4v) is 5.03. The average molecular weight is 478 g/mol. The number of sulfonamides is 1. The molecule has 4 rings (SSSR count). The van der Waals surface area contributed by atoms with Gasteiger partial charge in [-0.3, -0.25) is 14.3 Å². The number of amides is 2. The molecule has 0 saturated carbocycles. The van der Waals surface area contributed by atoms with Crippen LogP contribution in [0.3, 0.4) is 0 Å². The van der Waals surface area contributed by atoms with Crippen LogP contribution in [0.1, 0.15) is 28.8 Å². The van der Waals surface area contributed by atoms with Crippen LogP contribution in [0.25, 0.3) is 0 Å². The third-order valence-electron chi connectivity index (χ3n) is 5.90. The molecular formula is C26H27N3O4S. The van der Waals surface area contributed by atoms with Gasteiger partial charge in [0.05, 0.1) is 4.90 Å². The molecule has 1 aliphatic heterocycles. The topological polar surface area (TPSA) is 95.6 Å². The van der Waals surface area contributed by atoms with Gasteiger partial charge in [0.25, 0.3) is 15.9 Å². The Balaban J connectivity index is 1.29. The van der Waals surface area contributed by atoms with E-state index in [9.17, 15) is 18.0 Å². The number of rotatable bonds is 7. The standard InChI is InChI=1S/C26H27N3O4S/c30-25(27-19-20-7-3-1-4-8-20)21-15-17-29(18-16-21)26(31)22-11-13-23(14-12-22)28-34(32,33)24-9-5-2-6-10-24/h1-14,21,28H,15-19H2,(H,27,30). The van der Waals surface area contributed by atoms with Gasteiger partial charge in [0.15, 0.2) is 0 Å². The third kappa shape index (κ3) is 5.82. The van der Waals surface area contributed by atoms with E-state index in [0.717, 1.165) is 5.56 Å². The monoisotopic (exact) mass is 477 g/mol. The Morgan fingerprint density at radius 3 is 2.03 bits per heavy atom. The first-order valence-electron chi connectivity index (χ1n) is 11.2. The fourth-order valence-electron chi connectivity index (χ4n) is 3.95. The van der Waals surface area contributed by atoms with E-state index in [1.54, 1.807) is 47.4 Å². The molecular weight excluding hydrogens is 450 g/mol. The first-order chi connectivity index (χ1) is 16.4. The molecule has 176 valence electrons. The van der Waals surface area contributed by atoms with Crippen LogP contribution in [-0.2, 0) is 21.4 Å². The van der Waals surface area contributed by atoms with Gasteiger partial charge in [0, 0.05) is 36.8 Å². The van der Waals surface area contributed by atoms with Crippen LogP contribution in [0, 0.1) is 5.92 Å². The van der Waals surface area contributed by atoms with Crippen molar-refractivity contribution in [3.63, 3.8) is 0 Å². The van der Waals surface area contributed by atoms with Crippen molar-refractivity contribution in [2.45, 2.75) is 24.3 Å². The predicted molar refractivity (Wildman–Crippen MR) is 131 cm³/mol. The molecule has 0 bridgehead atoms. The van der Waals surface area contributed by atoms with E-state index in [2.05, 4.69) is 10.0 Å². The summed E-state index contributed by atoms with van der Waals surface area (Å²) in [6.07, 6.45) is 1.22. The van der Waals surface area contributed by atoms with Crippen LogP contribution in [-0.4, -0.2) is 38.2 Å². The maximum Gasteiger partial charge on any atom is 0.261 e. The summed E-state index contributed by atoms with van der Waals surface area (Å²) in [6.45, 7) is 1.51. The molecule has 34 heavy (non-hydrogen) atoms. The van der Waals surface area contributed by atoms with Crippen molar-refractivity contribution in [1.82, 2.24) is 10.2 Å². The minimum Gasteiger partial charge on any atom is -0.352 e. The highest BCUT2D eigenvalue weighted by Gasteiger charge is 2.27. The third-order valence-corrected chi connectivity index (χ3v) is 7.30. The first-order valence-corrected chi connectivity index (χ1v) is 12.7. The molecule has 1 fully saturated rings. The Kier molecular flexibility index (Phi) is 7.27.